The zero-order chi connectivity index (χ0) is 19.7. The van der Waals surface area contributed by atoms with Gasteiger partial charge in [0.1, 0.15) is 28.7 Å². The quantitative estimate of drug-likeness (QED) is 0.539. The largest absolute Gasteiger partial charge is 0.494 e. The summed E-state index contributed by atoms with van der Waals surface area (Å²) < 4.78 is 13.7. The summed E-state index contributed by atoms with van der Waals surface area (Å²) in [6.45, 7) is 4.16. The first-order valence-corrected chi connectivity index (χ1v) is 9.44. The van der Waals surface area contributed by atoms with Crippen LogP contribution in [-0.4, -0.2) is 22.1 Å². The van der Waals surface area contributed by atoms with Crippen molar-refractivity contribution in [3.63, 3.8) is 0 Å². The normalized spacial score (nSPS) is 10.8. The van der Waals surface area contributed by atoms with Crippen molar-refractivity contribution in [2.75, 3.05) is 11.9 Å². The topological polar surface area (TPSA) is 93.1 Å². The second kappa shape index (κ2) is 7.21. The van der Waals surface area contributed by atoms with Gasteiger partial charge in [0.05, 0.1) is 16.8 Å². The average Bonchev–Trinajstić information content (AvgIpc) is 3.38. The van der Waals surface area contributed by atoms with E-state index in [1.807, 2.05) is 37.3 Å². The molecule has 0 saturated heterocycles. The van der Waals surface area contributed by atoms with Crippen LogP contribution in [0, 0.1) is 18.3 Å². The summed E-state index contributed by atoms with van der Waals surface area (Å²) in [4.78, 5) is 17.3. The second-order valence-corrected chi connectivity index (χ2v) is 6.98. The van der Waals surface area contributed by atoms with E-state index >= 15 is 0 Å². The van der Waals surface area contributed by atoms with E-state index in [2.05, 4.69) is 16.4 Å². The maximum atomic E-state index is 12.9. The van der Waals surface area contributed by atoms with Gasteiger partial charge in [-0.05, 0) is 44.2 Å². The van der Waals surface area contributed by atoms with Crippen LogP contribution < -0.4 is 10.1 Å². The predicted octanol–water partition coefficient (Wildman–Crippen LogP) is 4.51. The summed E-state index contributed by atoms with van der Waals surface area (Å²) in [6.07, 6.45) is 3.51. The minimum absolute atomic E-state index is 0.186. The Morgan fingerprint density at radius 2 is 2.18 bits per heavy atom. The summed E-state index contributed by atoms with van der Waals surface area (Å²) in [5.41, 5.74) is 1.16. The van der Waals surface area contributed by atoms with Crippen molar-refractivity contribution in [2.45, 2.75) is 13.8 Å². The third-order valence-corrected chi connectivity index (χ3v) is 5.07. The molecule has 1 amide bonds. The average molecular weight is 392 g/mol. The number of aryl methyl sites for hydroxylation is 1. The lowest BCUT2D eigenvalue weighted by Crippen LogP contribution is -2.13. The van der Waals surface area contributed by atoms with Gasteiger partial charge in [0.15, 0.2) is 5.13 Å². The number of rotatable bonds is 5. The van der Waals surface area contributed by atoms with E-state index in [0.29, 0.717) is 23.4 Å². The Hall–Kier alpha value is -3.57. The fourth-order valence-electron chi connectivity index (χ4n) is 2.93. The highest BCUT2D eigenvalue weighted by Gasteiger charge is 2.25. The van der Waals surface area contributed by atoms with Crippen LogP contribution in [0.2, 0.25) is 0 Å². The molecular formula is C20H16N4O3S. The van der Waals surface area contributed by atoms with Crippen LogP contribution in [0.5, 0.6) is 5.75 Å². The molecule has 0 aliphatic carbocycles. The van der Waals surface area contributed by atoms with Crippen LogP contribution in [0.25, 0.3) is 16.1 Å². The highest BCUT2D eigenvalue weighted by Crippen LogP contribution is 2.31. The SMILES string of the molecule is CCOc1ccc2nc(NC(=O)c3c(C)oc(-n4cccc4)c3C#N)sc2c1. The summed E-state index contributed by atoms with van der Waals surface area (Å²) in [5.74, 6) is 1.02. The molecule has 1 aromatic carbocycles. The number of nitriles is 1. The molecule has 8 heteroatoms. The lowest BCUT2D eigenvalue weighted by Gasteiger charge is -2.00. The second-order valence-electron chi connectivity index (χ2n) is 5.95. The molecule has 1 N–H and O–H groups in total. The Morgan fingerprint density at radius 3 is 2.89 bits per heavy atom. The van der Waals surface area contributed by atoms with Gasteiger partial charge < -0.3 is 9.15 Å². The number of carbonyl (C=O) groups is 1. The highest BCUT2D eigenvalue weighted by molar-refractivity contribution is 7.22. The number of hydrogen-bond acceptors (Lipinski definition) is 6. The molecule has 3 aromatic heterocycles. The van der Waals surface area contributed by atoms with Gasteiger partial charge in [0, 0.05) is 12.4 Å². The molecule has 4 rings (SSSR count). The molecule has 0 radical (unpaired) electrons. The Labute approximate surface area is 164 Å². The number of thiazole rings is 1. The number of amides is 1. The molecular weight excluding hydrogens is 376 g/mol. The van der Waals surface area contributed by atoms with Crippen LogP contribution in [-0.2, 0) is 0 Å². The molecule has 0 spiro atoms. The Bertz CT molecular complexity index is 1200. The monoisotopic (exact) mass is 392 g/mol. The zero-order valence-corrected chi connectivity index (χ0v) is 16.0. The fourth-order valence-corrected chi connectivity index (χ4v) is 3.82. The lowest BCUT2D eigenvalue weighted by molar-refractivity contribution is 0.102. The molecule has 7 nitrogen and oxygen atoms in total. The summed E-state index contributed by atoms with van der Waals surface area (Å²) in [6, 6.07) is 11.3. The van der Waals surface area contributed by atoms with Crippen LogP contribution in [0.3, 0.4) is 0 Å². The molecule has 0 atom stereocenters. The number of carbonyl (C=O) groups excluding carboxylic acids is 1. The van der Waals surface area contributed by atoms with Gasteiger partial charge in [-0.15, -0.1) is 0 Å². The summed E-state index contributed by atoms with van der Waals surface area (Å²) >= 11 is 1.34. The number of furan rings is 1. The van der Waals surface area contributed by atoms with Crippen LogP contribution >= 0.6 is 11.3 Å². The van der Waals surface area contributed by atoms with E-state index in [1.54, 1.807) is 23.9 Å². The van der Waals surface area contributed by atoms with Gasteiger partial charge >= 0.3 is 0 Å². The Morgan fingerprint density at radius 1 is 1.39 bits per heavy atom. The summed E-state index contributed by atoms with van der Waals surface area (Å²) in [7, 11) is 0. The number of ether oxygens (including phenoxy) is 1. The van der Waals surface area contributed by atoms with Crippen molar-refractivity contribution in [1.29, 1.82) is 5.26 Å². The van der Waals surface area contributed by atoms with Crippen molar-refractivity contribution >= 4 is 32.6 Å². The number of nitrogens with one attached hydrogen (secondary N) is 1. The van der Waals surface area contributed by atoms with E-state index < -0.39 is 5.91 Å². The molecule has 28 heavy (non-hydrogen) atoms. The first-order valence-electron chi connectivity index (χ1n) is 8.62. The van der Waals surface area contributed by atoms with Crippen molar-refractivity contribution < 1.29 is 13.9 Å². The number of benzene rings is 1. The van der Waals surface area contributed by atoms with Gasteiger partial charge in [-0.1, -0.05) is 11.3 Å². The van der Waals surface area contributed by atoms with E-state index in [-0.39, 0.29) is 11.1 Å². The fraction of sp³-hybridized carbons (Fsp3) is 0.150. The lowest BCUT2D eigenvalue weighted by atomic mass is 10.1. The Balaban J connectivity index is 1.66. The van der Waals surface area contributed by atoms with Crippen LogP contribution in [0.1, 0.15) is 28.6 Å². The van der Waals surface area contributed by atoms with Crippen molar-refractivity contribution in [2.24, 2.45) is 0 Å². The van der Waals surface area contributed by atoms with Crippen molar-refractivity contribution in [1.82, 2.24) is 9.55 Å². The van der Waals surface area contributed by atoms with E-state index in [1.165, 1.54) is 11.3 Å². The van der Waals surface area contributed by atoms with Crippen molar-refractivity contribution in [3.8, 4) is 17.7 Å². The van der Waals surface area contributed by atoms with Crippen LogP contribution in [0.4, 0.5) is 5.13 Å². The smallest absolute Gasteiger partial charge is 0.262 e. The van der Waals surface area contributed by atoms with E-state index in [0.717, 1.165) is 16.0 Å². The minimum atomic E-state index is -0.430. The van der Waals surface area contributed by atoms with E-state index in [9.17, 15) is 10.1 Å². The Kier molecular flexibility index (Phi) is 4.59. The molecule has 3 heterocycles. The summed E-state index contributed by atoms with van der Waals surface area (Å²) in [5, 5.41) is 12.8. The molecule has 0 saturated carbocycles. The third kappa shape index (κ3) is 3.12. The van der Waals surface area contributed by atoms with Gasteiger partial charge in [-0.2, -0.15) is 5.26 Å². The number of hydrogen-bond donors (Lipinski definition) is 1. The molecule has 0 aliphatic rings. The standard InChI is InChI=1S/C20H16N4O3S/c1-3-26-13-6-7-15-16(10-13)28-20(22-15)23-18(25)17-12(2)27-19(14(17)11-21)24-8-4-5-9-24/h4-10H,3H2,1-2H3,(H,22,23,25). The number of aromatic nitrogens is 2. The van der Waals surface area contributed by atoms with Crippen LogP contribution in [0.15, 0.2) is 47.1 Å². The molecule has 0 bridgehead atoms. The molecule has 0 unspecified atom stereocenters. The van der Waals surface area contributed by atoms with Gasteiger partial charge in [-0.3, -0.25) is 14.7 Å². The predicted molar refractivity (Wildman–Crippen MR) is 106 cm³/mol. The zero-order valence-electron chi connectivity index (χ0n) is 15.2. The molecule has 140 valence electrons. The highest BCUT2D eigenvalue weighted by atomic mass is 32.1. The maximum absolute atomic E-state index is 12.9. The van der Waals surface area contributed by atoms with Gasteiger partial charge in [0.25, 0.3) is 5.91 Å². The number of fused-ring (bicyclic) bond motifs is 1. The number of anilines is 1. The third-order valence-electron chi connectivity index (χ3n) is 4.13. The molecule has 4 aromatic rings. The number of nitrogens with zero attached hydrogens (tertiary/aromatic N) is 3. The maximum Gasteiger partial charge on any atom is 0.262 e. The van der Waals surface area contributed by atoms with Crippen molar-refractivity contribution in [3.05, 3.63) is 59.6 Å². The first kappa shape index (κ1) is 17.8. The van der Waals surface area contributed by atoms with E-state index in [4.69, 9.17) is 9.15 Å². The molecule has 0 aliphatic heterocycles. The minimum Gasteiger partial charge on any atom is -0.494 e. The first-order chi connectivity index (χ1) is 13.6. The van der Waals surface area contributed by atoms with Gasteiger partial charge in [0.2, 0.25) is 5.88 Å². The van der Waals surface area contributed by atoms with Gasteiger partial charge in [-0.25, -0.2) is 4.98 Å². The molecule has 0 fully saturated rings.